The van der Waals surface area contributed by atoms with Crippen LogP contribution in [0.2, 0.25) is 0 Å². The molecular formula is C29H34N2O4S. The third kappa shape index (κ3) is 5.97. The van der Waals surface area contributed by atoms with Gasteiger partial charge in [-0.3, -0.25) is 4.79 Å². The molecule has 0 bridgehead atoms. The normalized spacial score (nSPS) is 16.4. The lowest BCUT2D eigenvalue weighted by Crippen LogP contribution is -2.48. The van der Waals surface area contributed by atoms with Crippen molar-refractivity contribution in [3.8, 4) is 5.75 Å². The number of hydrogen-bond donors (Lipinski definition) is 1. The van der Waals surface area contributed by atoms with E-state index in [1.807, 2.05) is 87.5 Å². The summed E-state index contributed by atoms with van der Waals surface area (Å²) in [7, 11) is -3.96. The summed E-state index contributed by atoms with van der Waals surface area (Å²) in [5.41, 5.74) is 4.19. The minimum absolute atomic E-state index is 0.0791. The molecule has 3 aromatic carbocycles. The second-order valence-corrected chi connectivity index (χ2v) is 11.3. The molecule has 190 valence electrons. The highest BCUT2D eigenvalue weighted by Gasteiger charge is 2.38. The Labute approximate surface area is 214 Å². The van der Waals surface area contributed by atoms with E-state index < -0.39 is 16.1 Å². The van der Waals surface area contributed by atoms with Crippen LogP contribution in [-0.4, -0.2) is 31.2 Å². The fraction of sp³-hybridized carbons (Fsp3) is 0.345. The van der Waals surface area contributed by atoms with Crippen molar-refractivity contribution in [2.24, 2.45) is 0 Å². The highest BCUT2D eigenvalue weighted by Crippen LogP contribution is 2.30. The van der Waals surface area contributed by atoms with Crippen molar-refractivity contribution < 1.29 is 17.9 Å². The summed E-state index contributed by atoms with van der Waals surface area (Å²) in [6.07, 6.45) is 2.10. The number of carbonyl (C=O) groups is 1. The zero-order chi connectivity index (χ0) is 25.7. The molecule has 0 aromatic heterocycles. The standard InChI is InChI=1S/C29H34N2O4S/c1-21-16-22(2)28(23(3)17-21)36(33,34)31(27-14-7-8-15-30-29(27)32)19-25-12-9-13-26(18-25)35-20-24-10-5-4-6-11-24/h4-6,9-13,16-18,27H,7-8,14-15,19-20H2,1-3H3,(H,30,32). The number of sulfonamides is 1. The van der Waals surface area contributed by atoms with Crippen LogP contribution < -0.4 is 10.1 Å². The molecule has 6 nitrogen and oxygen atoms in total. The zero-order valence-corrected chi connectivity index (χ0v) is 22.0. The van der Waals surface area contributed by atoms with Gasteiger partial charge < -0.3 is 10.1 Å². The maximum absolute atomic E-state index is 14.2. The number of nitrogens with one attached hydrogen (secondary N) is 1. The summed E-state index contributed by atoms with van der Waals surface area (Å²) in [6, 6.07) is 20.3. The minimum Gasteiger partial charge on any atom is -0.489 e. The number of benzene rings is 3. The first kappa shape index (κ1) is 25.9. The van der Waals surface area contributed by atoms with E-state index >= 15 is 0 Å². The van der Waals surface area contributed by atoms with Crippen LogP contribution >= 0.6 is 0 Å². The van der Waals surface area contributed by atoms with Gasteiger partial charge in [0.15, 0.2) is 0 Å². The average Bonchev–Trinajstić information content (AvgIpc) is 3.05. The van der Waals surface area contributed by atoms with E-state index in [1.54, 1.807) is 0 Å². The van der Waals surface area contributed by atoms with Crippen LogP contribution in [0.3, 0.4) is 0 Å². The largest absolute Gasteiger partial charge is 0.489 e. The van der Waals surface area contributed by atoms with Gasteiger partial charge in [-0.05, 0) is 74.4 Å². The van der Waals surface area contributed by atoms with Crippen LogP contribution in [0.1, 0.15) is 47.1 Å². The zero-order valence-electron chi connectivity index (χ0n) is 21.2. The Hall–Kier alpha value is -3.16. The molecule has 1 aliphatic rings. The number of carbonyl (C=O) groups excluding carboxylic acids is 1. The number of nitrogens with zero attached hydrogens (tertiary/aromatic N) is 1. The molecule has 7 heteroatoms. The number of ether oxygens (including phenoxy) is 1. The SMILES string of the molecule is Cc1cc(C)c(S(=O)(=O)N(Cc2cccc(OCc3ccccc3)c2)C2CCCCNC2=O)c(C)c1. The Morgan fingerprint density at radius 1 is 0.917 bits per heavy atom. The molecule has 1 unspecified atom stereocenters. The van der Waals surface area contributed by atoms with Gasteiger partial charge >= 0.3 is 0 Å². The fourth-order valence-corrected chi connectivity index (χ4v) is 6.93. The van der Waals surface area contributed by atoms with E-state index in [4.69, 9.17) is 4.74 Å². The first-order valence-electron chi connectivity index (χ1n) is 12.4. The first-order valence-corrected chi connectivity index (χ1v) is 13.8. The van der Waals surface area contributed by atoms with Crippen LogP contribution in [0, 0.1) is 20.8 Å². The molecule has 36 heavy (non-hydrogen) atoms. The topological polar surface area (TPSA) is 75.7 Å². The fourth-order valence-electron chi connectivity index (χ4n) is 4.91. The highest BCUT2D eigenvalue weighted by molar-refractivity contribution is 7.89. The third-order valence-electron chi connectivity index (χ3n) is 6.51. The van der Waals surface area contributed by atoms with Crippen LogP contribution in [-0.2, 0) is 28.0 Å². The quantitative estimate of drug-likeness (QED) is 0.464. The molecular weight excluding hydrogens is 472 g/mol. The second-order valence-electron chi connectivity index (χ2n) is 9.50. The van der Waals surface area contributed by atoms with Gasteiger partial charge in [-0.15, -0.1) is 0 Å². The predicted octanol–water partition coefficient (Wildman–Crippen LogP) is 5.05. The molecule has 1 atom stereocenters. The first-order chi connectivity index (χ1) is 17.3. The van der Waals surface area contributed by atoms with Crippen molar-refractivity contribution in [1.82, 2.24) is 9.62 Å². The van der Waals surface area contributed by atoms with E-state index in [0.717, 1.165) is 29.5 Å². The maximum atomic E-state index is 14.2. The molecule has 4 rings (SSSR count). The number of aryl methyl sites for hydroxylation is 3. The van der Waals surface area contributed by atoms with Crippen molar-refractivity contribution in [1.29, 1.82) is 0 Å². The van der Waals surface area contributed by atoms with Crippen LogP contribution in [0.15, 0.2) is 71.6 Å². The molecule has 1 saturated heterocycles. The smallest absolute Gasteiger partial charge is 0.244 e. The van der Waals surface area contributed by atoms with Crippen LogP contribution in [0.25, 0.3) is 0 Å². The van der Waals surface area contributed by atoms with E-state index in [2.05, 4.69) is 5.32 Å². The third-order valence-corrected chi connectivity index (χ3v) is 8.67. The van der Waals surface area contributed by atoms with E-state index in [9.17, 15) is 13.2 Å². The molecule has 3 aromatic rings. The Morgan fingerprint density at radius 3 is 2.33 bits per heavy atom. The Morgan fingerprint density at radius 2 is 1.61 bits per heavy atom. The van der Waals surface area contributed by atoms with Gasteiger partial charge in [-0.2, -0.15) is 4.31 Å². The number of rotatable bonds is 8. The summed E-state index contributed by atoms with van der Waals surface area (Å²) in [5.74, 6) is 0.414. The Balaban J connectivity index is 1.68. The van der Waals surface area contributed by atoms with E-state index in [-0.39, 0.29) is 17.3 Å². The molecule has 1 heterocycles. The van der Waals surface area contributed by atoms with Gasteiger partial charge in [0.1, 0.15) is 18.4 Å². The summed E-state index contributed by atoms with van der Waals surface area (Å²) >= 11 is 0. The van der Waals surface area contributed by atoms with Crippen molar-refractivity contribution in [3.05, 3.63) is 94.5 Å². The monoisotopic (exact) mass is 506 g/mol. The van der Waals surface area contributed by atoms with Gasteiger partial charge in [0.2, 0.25) is 15.9 Å². The Kier molecular flexibility index (Phi) is 8.11. The molecule has 1 aliphatic heterocycles. The summed E-state index contributed by atoms with van der Waals surface area (Å²) in [5, 5.41) is 2.90. The molecule has 1 amide bonds. The lowest BCUT2D eigenvalue weighted by molar-refractivity contribution is -0.124. The minimum atomic E-state index is -3.96. The van der Waals surface area contributed by atoms with E-state index in [0.29, 0.717) is 36.4 Å². The van der Waals surface area contributed by atoms with E-state index in [1.165, 1.54) is 4.31 Å². The Bertz CT molecular complexity index is 1300. The maximum Gasteiger partial charge on any atom is 0.244 e. The second kappa shape index (κ2) is 11.3. The number of hydrogen-bond acceptors (Lipinski definition) is 4. The predicted molar refractivity (Wildman–Crippen MR) is 141 cm³/mol. The molecule has 0 aliphatic carbocycles. The van der Waals surface area contributed by atoms with Crippen molar-refractivity contribution in [3.63, 3.8) is 0 Å². The summed E-state index contributed by atoms with van der Waals surface area (Å²) < 4.78 is 35.7. The number of amides is 1. The van der Waals surface area contributed by atoms with Gasteiger partial charge in [-0.1, -0.05) is 60.2 Å². The molecule has 0 spiro atoms. The van der Waals surface area contributed by atoms with Crippen molar-refractivity contribution in [2.75, 3.05) is 6.54 Å². The van der Waals surface area contributed by atoms with Gasteiger partial charge in [0.25, 0.3) is 0 Å². The molecule has 1 N–H and O–H groups in total. The lowest BCUT2D eigenvalue weighted by atomic mass is 10.1. The van der Waals surface area contributed by atoms with Gasteiger partial charge in [0.05, 0.1) is 4.90 Å². The van der Waals surface area contributed by atoms with Crippen LogP contribution in [0.4, 0.5) is 0 Å². The molecule has 0 saturated carbocycles. The summed E-state index contributed by atoms with van der Waals surface area (Å²) in [6.45, 7) is 6.64. The molecule has 0 radical (unpaired) electrons. The van der Waals surface area contributed by atoms with Crippen molar-refractivity contribution >= 4 is 15.9 Å². The lowest BCUT2D eigenvalue weighted by Gasteiger charge is -2.30. The average molecular weight is 507 g/mol. The van der Waals surface area contributed by atoms with Gasteiger partial charge in [-0.25, -0.2) is 8.42 Å². The van der Waals surface area contributed by atoms with Crippen molar-refractivity contribution in [2.45, 2.75) is 64.1 Å². The highest BCUT2D eigenvalue weighted by atomic mass is 32.2. The summed E-state index contributed by atoms with van der Waals surface area (Å²) in [4.78, 5) is 13.3. The molecule has 1 fully saturated rings. The van der Waals surface area contributed by atoms with Crippen LogP contribution in [0.5, 0.6) is 5.75 Å². The van der Waals surface area contributed by atoms with Gasteiger partial charge in [0, 0.05) is 13.1 Å².